The molecule has 1 aromatic heterocycles. The molecule has 0 radical (unpaired) electrons. The highest BCUT2D eigenvalue weighted by Crippen LogP contribution is 2.26. The van der Waals surface area contributed by atoms with Gasteiger partial charge < -0.3 is 16.0 Å². The molecule has 0 fully saturated rings. The Bertz CT molecular complexity index is 412. The lowest BCUT2D eigenvalue weighted by molar-refractivity contribution is -0.121. The normalized spacial score (nSPS) is 11.8. The maximum atomic E-state index is 11.7. The molecule has 0 aliphatic heterocycles. The summed E-state index contributed by atoms with van der Waals surface area (Å²) in [5.41, 5.74) is 0. The molecule has 0 aliphatic carbocycles. The van der Waals surface area contributed by atoms with Crippen LogP contribution in [0, 0.1) is 0 Å². The lowest BCUT2D eigenvalue weighted by atomic mass is 10.3. The highest BCUT2D eigenvalue weighted by molar-refractivity contribution is 9.10. The van der Waals surface area contributed by atoms with Crippen molar-refractivity contribution in [1.29, 1.82) is 0 Å². The zero-order valence-corrected chi connectivity index (χ0v) is 12.3. The first-order valence-electron chi connectivity index (χ1n) is 5.82. The van der Waals surface area contributed by atoms with Crippen molar-refractivity contribution in [3.63, 3.8) is 0 Å². The Kier molecular flexibility index (Phi) is 5.84. The Labute approximate surface area is 115 Å². The summed E-state index contributed by atoms with van der Waals surface area (Å²) >= 11 is 3.39. The van der Waals surface area contributed by atoms with E-state index in [1.807, 2.05) is 6.92 Å². The summed E-state index contributed by atoms with van der Waals surface area (Å²) in [6, 6.07) is -0.354. The largest absolute Gasteiger partial charge is 0.372 e. The second kappa shape index (κ2) is 7.15. The highest BCUT2D eigenvalue weighted by Gasteiger charge is 2.15. The zero-order valence-electron chi connectivity index (χ0n) is 10.7. The molecular formula is C11H18BrN5O. The van der Waals surface area contributed by atoms with Crippen molar-refractivity contribution >= 4 is 33.5 Å². The van der Waals surface area contributed by atoms with E-state index >= 15 is 0 Å². The summed E-state index contributed by atoms with van der Waals surface area (Å²) < 4.78 is 0.711. The summed E-state index contributed by atoms with van der Waals surface area (Å²) in [7, 11) is 1.77. The van der Waals surface area contributed by atoms with E-state index in [1.54, 1.807) is 14.0 Å². The van der Waals surface area contributed by atoms with Crippen LogP contribution in [0.1, 0.15) is 20.3 Å². The summed E-state index contributed by atoms with van der Waals surface area (Å²) in [6.45, 7) is 4.48. The standard InChI is InChI=1S/C11H18BrN5O/c1-4-5-14-11(18)7(2)17-10-8(12)9(13-3)15-6-16-10/h6-7H,4-5H2,1-3H3,(H,14,18)(H2,13,15,16,17). The molecule has 100 valence electrons. The predicted molar refractivity (Wildman–Crippen MR) is 75.7 cm³/mol. The van der Waals surface area contributed by atoms with Crippen molar-refractivity contribution in [3.05, 3.63) is 10.8 Å². The number of amides is 1. The summed E-state index contributed by atoms with van der Waals surface area (Å²) in [5.74, 6) is 1.22. The molecule has 7 heteroatoms. The van der Waals surface area contributed by atoms with Crippen molar-refractivity contribution in [3.8, 4) is 0 Å². The SMILES string of the molecule is CCCNC(=O)C(C)Nc1ncnc(NC)c1Br. The van der Waals surface area contributed by atoms with E-state index < -0.39 is 0 Å². The zero-order chi connectivity index (χ0) is 13.5. The van der Waals surface area contributed by atoms with Gasteiger partial charge in [-0.3, -0.25) is 4.79 Å². The van der Waals surface area contributed by atoms with Gasteiger partial charge in [-0.2, -0.15) is 0 Å². The number of nitrogens with zero attached hydrogens (tertiary/aromatic N) is 2. The summed E-state index contributed by atoms with van der Waals surface area (Å²) in [6.07, 6.45) is 2.36. The molecule has 0 aromatic carbocycles. The Morgan fingerprint density at radius 2 is 2.11 bits per heavy atom. The molecule has 1 atom stereocenters. The number of carbonyl (C=O) groups excluding carboxylic acids is 1. The van der Waals surface area contributed by atoms with Crippen LogP contribution in [-0.4, -0.2) is 35.5 Å². The first kappa shape index (κ1) is 14.7. The second-order valence-electron chi connectivity index (χ2n) is 3.79. The first-order valence-corrected chi connectivity index (χ1v) is 6.62. The Morgan fingerprint density at radius 1 is 1.44 bits per heavy atom. The van der Waals surface area contributed by atoms with Crippen LogP contribution in [0.25, 0.3) is 0 Å². The smallest absolute Gasteiger partial charge is 0.242 e. The Hall–Kier alpha value is -1.37. The lowest BCUT2D eigenvalue weighted by Crippen LogP contribution is -2.38. The quantitative estimate of drug-likeness (QED) is 0.743. The van der Waals surface area contributed by atoms with Crippen LogP contribution in [0.2, 0.25) is 0 Å². The van der Waals surface area contributed by atoms with Crippen LogP contribution in [0.5, 0.6) is 0 Å². The van der Waals surface area contributed by atoms with Gasteiger partial charge in [0.2, 0.25) is 5.91 Å². The molecular weight excluding hydrogens is 298 g/mol. The van der Waals surface area contributed by atoms with Gasteiger partial charge >= 0.3 is 0 Å². The van der Waals surface area contributed by atoms with Crippen LogP contribution in [0.3, 0.4) is 0 Å². The van der Waals surface area contributed by atoms with Gasteiger partial charge in [0.25, 0.3) is 0 Å². The highest BCUT2D eigenvalue weighted by atomic mass is 79.9. The third kappa shape index (κ3) is 3.83. The van der Waals surface area contributed by atoms with E-state index in [4.69, 9.17) is 0 Å². The minimum absolute atomic E-state index is 0.0478. The molecule has 1 heterocycles. The molecule has 0 saturated carbocycles. The molecule has 0 saturated heterocycles. The molecule has 3 N–H and O–H groups in total. The van der Waals surface area contributed by atoms with Crippen LogP contribution < -0.4 is 16.0 Å². The maximum Gasteiger partial charge on any atom is 0.242 e. The Morgan fingerprint density at radius 3 is 2.72 bits per heavy atom. The fraction of sp³-hybridized carbons (Fsp3) is 0.545. The van der Waals surface area contributed by atoms with Gasteiger partial charge in [-0.1, -0.05) is 6.92 Å². The van der Waals surface area contributed by atoms with Gasteiger partial charge in [0.1, 0.15) is 28.5 Å². The van der Waals surface area contributed by atoms with Gasteiger partial charge in [-0.05, 0) is 29.3 Å². The average molecular weight is 316 g/mol. The van der Waals surface area contributed by atoms with Crippen LogP contribution in [-0.2, 0) is 4.79 Å². The molecule has 6 nitrogen and oxygen atoms in total. The van der Waals surface area contributed by atoms with Crippen molar-refractivity contribution in [1.82, 2.24) is 15.3 Å². The van der Waals surface area contributed by atoms with Crippen molar-refractivity contribution in [2.24, 2.45) is 0 Å². The van der Waals surface area contributed by atoms with Gasteiger partial charge in [-0.15, -0.1) is 0 Å². The van der Waals surface area contributed by atoms with Gasteiger partial charge in [0.05, 0.1) is 0 Å². The Balaban J connectivity index is 2.69. The summed E-state index contributed by atoms with van der Waals surface area (Å²) in [5, 5.41) is 8.80. The van der Waals surface area contributed by atoms with E-state index in [1.165, 1.54) is 6.33 Å². The summed E-state index contributed by atoms with van der Waals surface area (Å²) in [4.78, 5) is 19.9. The molecule has 1 amide bonds. The fourth-order valence-electron chi connectivity index (χ4n) is 1.32. The monoisotopic (exact) mass is 315 g/mol. The minimum atomic E-state index is -0.354. The van der Waals surface area contributed by atoms with Gasteiger partial charge in [0.15, 0.2) is 0 Å². The van der Waals surface area contributed by atoms with E-state index in [0.29, 0.717) is 22.7 Å². The van der Waals surface area contributed by atoms with Crippen LogP contribution >= 0.6 is 15.9 Å². The van der Waals surface area contributed by atoms with Crippen molar-refractivity contribution in [2.45, 2.75) is 26.3 Å². The maximum absolute atomic E-state index is 11.7. The predicted octanol–water partition coefficient (Wildman–Crippen LogP) is 1.61. The van der Waals surface area contributed by atoms with E-state index in [2.05, 4.69) is 41.8 Å². The molecule has 1 rings (SSSR count). The van der Waals surface area contributed by atoms with Crippen molar-refractivity contribution in [2.75, 3.05) is 24.2 Å². The number of halogens is 1. The van der Waals surface area contributed by atoms with E-state index in [-0.39, 0.29) is 11.9 Å². The first-order chi connectivity index (χ1) is 8.60. The number of carbonyl (C=O) groups is 1. The average Bonchev–Trinajstić information content (AvgIpc) is 2.38. The van der Waals surface area contributed by atoms with Crippen LogP contribution in [0.15, 0.2) is 10.8 Å². The number of anilines is 2. The molecule has 0 bridgehead atoms. The van der Waals surface area contributed by atoms with Crippen LogP contribution in [0.4, 0.5) is 11.6 Å². The number of nitrogens with one attached hydrogen (secondary N) is 3. The molecule has 0 aliphatic rings. The van der Waals surface area contributed by atoms with Gasteiger partial charge in [0, 0.05) is 13.6 Å². The second-order valence-corrected chi connectivity index (χ2v) is 4.58. The van der Waals surface area contributed by atoms with Crippen molar-refractivity contribution < 1.29 is 4.79 Å². The third-order valence-electron chi connectivity index (χ3n) is 2.32. The fourth-order valence-corrected chi connectivity index (χ4v) is 1.83. The molecule has 0 spiro atoms. The number of aromatic nitrogens is 2. The third-order valence-corrected chi connectivity index (χ3v) is 3.07. The number of hydrogen-bond acceptors (Lipinski definition) is 5. The number of hydrogen-bond donors (Lipinski definition) is 3. The molecule has 1 aromatic rings. The van der Waals surface area contributed by atoms with Gasteiger partial charge in [-0.25, -0.2) is 9.97 Å². The molecule has 1 unspecified atom stereocenters. The van der Waals surface area contributed by atoms with E-state index in [9.17, 15) is 4.79 Å². The lowest BCUT2D eigenvalue weighted by Gasteiger charge is -2.16. The molecule has 18 heavy (non-hydrogen) atoms. The number of rotatable bonds is 6. The topological polar surface area (TPSA) is 78.9 Å². The minimum Gasteiger partial charge on any atom is -0.372 e. The van der Waals surface area contributed by atoms with E-state index in [0.717, 1.165) is 6.42 Å².